The zero-order valence-corrected chi connectivity index (χ0v) is 15.4. The Balaban J connectivity index is 1.51. The van der Waals surface area contributed by atoms with Gasteiger partial charge in [-0.2, -0.15) is 0 Å². The number of benzene rings is 3. The van der Waals surface area contributed by atoms with Gasteiger partial charge in [-0.1, -0.05) is 66.7 Å². The van der Waals surface area contributed by atoms with Crippen molar-refractivity contribution in [2.45, 2.75) is 6.04 Å². The fourth-order valence-electron chi connectivity index (χ4n) is 3.18. The molecule has 0 saturated carbocycles. The van der Waals surface area contributed by atoms with E-state index in [0.717, 1.165) is 22.4 Å². The number of rotatable bonds is 5. The Morgan fingerprint density at radius 1 is 0.821 bits per heavy atom. The summed E-state index contributed by atoms with van der Waals surface area (Å²) in [6.45, 7) is 1.10. The van der Waals surface area contributed by atoms with Crippen LogP contribution in [0.5, 0.6) is 11.5 Å². The minimum absolute atomic E-state index is 0.160. The summed E-state index contributed by atoms with van der Waals surface area (Å²) in [5, 5.41) is 3.10. The van der Waals surface area contributed by atoms with E-state index in [4.69, 9.17) is 9.47 Å². The fraction of sp³-hybridized carbons (Fsp3) is 0.125. The van der Waals surface area contributed by atoms with Crippen LogP contribution < -0.4 is 14.8 Å². The van der Waals surface area contributed by atoms with Crippen molar-refractivity contribution in [3.05, 3.63) is 102 Å². The number of carbonyl (C=O) groups is 1. The Morgan fingerprint density at radius 3 is 2.07 bits per heavy atom. The lowest BCUT2D eigenvalue weighted by Crippen LogP contribution is -2.27. The average molecular weight is 371 g/mol. The summed E-state index contributed by atoms with van der Waals surface area (Å²) < 4.78 is 11.1. The van der Waals surface area contributed by atoms with Crippen LogP contribution in [0.4, 0.5) is 0 Å². The Hall–Kier alpha value is -3.53. The molecule has 0 radical (unpaired) electrons. The standard InChI is InChI=1S/C24H21NO3/c26-23(14-12-18-11-13-21-22(17-18)28-16-15-27-21)25-24(19-7-3-1-4-8-19)20-9-5-2-6-10-20/h1-14,17,24H,15-16H2,(H,25,26)/b14-12+. The molecule has 0 fully saturated rings. The number of hydrogen-bond acceptors (Lipinski definition) is 3. The summed E-state index contributed by atoms with van der Waals surface area (Å²) in [4.78, 5) is 12.6. The van der Waals surface area contributed by atoms with Gasteiger partial charge in [0.25, 0.3) is 0 Å². The van der Waals surface area contributed by atoms with Crippen molar-refractivity contribution in [2.24, 2.45) is 0 Å². The molecule has 3 aromatic carbocycles. The molecule has 4 rings (SSSR count). The van der Waals surface area contributed by atoms with Gasteiger partial charge in [0.15, 0.2) is 11.5 Å². The molecule has 4 nitrogen and oxygen atoms in total. The van der Waals surface area contributed by atoms with E-state index in [9.17, 15) is 4.79 Å². The first-order valence-corrected chi connectivity index (χ1v) is 9.28. The van der Waals surface area contributed by atoms with Gasteiger partial charge in [-0.3, -0.25) is 4.79 Å². The van der Waals surface area contributed by atoms with Crippen LogP contribution in [0.2, 0.25) is 0 Å². The molecule has 0 aromatic heterocycles. The molecule has 0 atom stereocenters. The van der Waals surface area contributed by atoms with Crippen LogP contribution in [-0.2, 0) is 4.79 Å². The summed E-state index contributed by atoms with van der Waals surface area (Å²) in [6, 6.07) is 25.3. The van der Waals surface area contributed by atoms with Crippen molar-refractivity contribution < 1.29 is 14.3 Å². The molecule has 28 heavy (non-hydrogen) atoms. The highest BCUT2D eigenvalue weighted by atomic mass is 16.6. The van der Waals surface area contributed by atoms with Gasteiger partial charge in [0, 0.05) is 6.08 Å². The van der Waals surface area contributed by atoms with Crippen molar-refractivity contribution in [3.63, 3.8) is 0 Å². The van der Waals surface area contributed by atoms with E-state index in [-0.39, 0.29) is 11.9 Å². The van der Waals surface area contributed by atoms with Crippen molar-refractivity contribution in [3.8, 4) is 11.5 Å². The van der Waals surface area contributed by atoms with E-state index in [2.05, 4.69) is 5.32 Å². The van der Waals surface area contributed by atoms with E-state index in [1.807, 2.05) is 78.9 Å². The molecule has 0 spiro atoms. The number of amides is 1. The number of fused-ring (bicyclic) bond motifs is 1. The number of ether oxygens (including phenoxy) is 2. The van der Waals surface area contributed by atoms with Crippen molar-refractivity contribution >= 4 is 12.0 Å². The Labute approximate surface area is 164 Å². The highest BCUT2D eigenvalue weighted by Crippen LogP contribution is 2.31. The molecular formula is C24H21NO3. The van der Waals surface area contributed by atoms with Crippen LogP contribution in [0.3, 0.4) is 0 Å². The Kier molecular flexibility index (Phi) is 5.38. The van der Waals surface area contributed by atoms with E-state index in [0.29, 0.717) is 19.0 Å². The van der Waals surface area contributed by atoms with Gasteiger partial charge in [-0.25, -0.2) is 0 Å². The smallest absolute Gasteiger partial charge is 0.244 e. The second-order valence-corrected chi connectivity index (χ2v) is 6.50. The van der Waals surface area contributed by atoms with E-state index in [1.54, 1.807) is 12.2 Å². The minimum atomic E-state index is -0.209. The van der Waals surface area contributed by atoms with Crippen LogP contribution in [0, 0.1) is 0 Å². The molecular weight excluding hydrogens is 350 g/mol. The van der Waals surface area contributed by atoms with Crippen LogP contribution in [0.15, 0.2) is 84.9 Å². The topological polar surface area (TPSA) is 47.6 Å². The van der Waals surface area contributed by atoms with Crippen LogP contribution in [0.25, 0.3) is 6.08 Å². The van der Waals surface area contributed by atoms with Gasteiger partial charge in [-0.05, 0) is 34.9 Å². The molecule has 0 bridgehead atoms. The van der Waals surface area contributed by atoms with Crippen LogP contribution >= 0.6 is 0 Å². The quantitative estimate of drug-likeness (QED) is 0.677. The van der Waals surface area contributed by atoms with Gasteiger partial charge in [0.05, 0.1) is 6.04 Å². The molecule has 1 aliphatic heterocycles. The van der Waals surface area contributed by atoms with Gasteiger partial charge >= 0.3 is 0 Å². The van der Waals surface area contributed by atoms with E-state index < -0.39 is 0 Å². The molecule has 1 N–H and O–H groups in total. The third-order valence-electron chi connectivity index (χ3n) is 4.55. The maximum absolute atomic E-state index is 12.6. The monoisotopic (exact) mass is 371 g/mol. The van der Waals surface area contributed by atoms with Gasteiger partial charge in [0.2, 0.25) is 5.91 Å². The first kappa shape index (κ1) is 17.9. The minimum Gasteiger partial charge on any atom is -0.486 e. The number of carbonyl (C=O) groups excluding carboxylic acids is 1. The predicted molar refractivity (Wildman–Crippen MR) is 109 cm³/mol. The molecule has 140 valence electrons. The van der Waals surface area contributed by atoms with Gasteiger partial charge in [-0.15, -0.1) is 0 Å². The third-order valence-corrected chi connectivity index (χ3v) is 4.55. The summed E-state index contributed by atoms with van der Waals surface area (Å²) in [7, 11) is 0. The molecule has 1 amide bonds. The molecule has 0 aliphatic carbocycles. The van der Waals surface area contributed by atoms with Crippen LogP contribution in [0.1, 0.15) is 22.7 Å². The maximum atomic E-state index is 12.6. The zero-order chi connectivity index (χ0) is 19.2. The molecule has 4 heteroatoms. The molecule has 3 aromatic rings. The van der Waals surface area contributed by atoms with Gasteiger partial charge in [0.1, 0.15) is 13.2 Å². The lowest BCUT2D eigenvalue weighted by Gasteiger charge is -2.19. The third kappa shape index (κ3) is 4.23. The molecule has 1 aliphatic rings. The lowest BCUT2D eigenvalue weighted by molar-refractivity contribution is -0.116. The van der Waals surface area contributed by atoms with E-state index in [1.165, 1.54) is 0 Å². The van der Waals surface area contributed by atoms with E-state index >= 15 is 0 Å². The Bertz CT molecular complexity index is 928. The molecule has 0 unspecified atom stereocenters. The largest absolute Gasteiger partial charge is 0.486 e. The van der Waals surface area contributed by atoms with Crippen molar-refractivity contribution in [1.82, 2.24) is 5.32 Å². The lowest BCUT2D eigenvalue weighted by atomic mass is 9.98. The van der Waals surface area contributed by atoms with Gasteiger partial charge < -0.3 is 14.8 Å². The average Bonchev–Trinajstić information content (AvgIpc) is 2.77. The first-order valence-electron chi connectivity index (χ1n) is 9.28. The Morgan fingerprint density at radius 2 is 1.43 bits per heavy atom. The highest BCUT2D eigenvalue weighted by Gasteiger charge is 2.15. The second-order valence-electron chi connectivity index (χ2n) is 6.50. The zero-order valence-electron chi connectivity index (χ0n) is 15.4. The predicted octanol–water partition coefficient (Wildman–Crippen LogP) is 4.38. The molecule has 0 saturated heterocycles. The second kappa shape index (κ2) is 8.44. The first-order chi connectivity index (χ1) is 13.8. The maximum Gasteiger partial charge on any atom is 0.244 e. The SMILES string of the molecule is O=C(/C=C/c1ccc2c(c1)OCCO2)NC(c1ccccc1)c1ccccc1. The van der Waals surface area contributed by atoms with Crippen molar-refractivity contribution in [1.29, 1.82) is 0 Å². The number of nitrogens with one attached hydrogen (secondary N) is 1. The number of hydrogen-bond donors (Lipinski definition) is 1. The fourth-order valence-corrected chi connectivity index (χ4v) is 3.18. The summed E-state index contributed by atoms with van der Waals surface area (Å²) in [5.74, 6) is 1.29. The summed E-state index contributed by atoms with van der Waals surface area (Å²) in [6.07, 6.45) is 3.32. The molecule has 1 heterocycles. The highest BCUT2D eigenvalue weighted by molar-refractivity contribution is 5.92. The normalized spacial score (nSPS) is 12.9. The van der Waals surface area contributed by atoms with Crippen LogP contribution in [-0.4, -0.2) is 19.1 Å². The summed E-state index contributed by atoms with van der Waals surface area (Å²) in [5.41, 5.74) is 2.96. The van der Waals surface area contributed by atoms with Crippen molar-refractivity contribution in [2.75, 3.05) is 13.2 Å². The summed E-state index contributed by atoms with van der Waals surface area (Å²) >= 11 is 0.